The quantitative estimate of drug-likeness (QED) is 0.850. The molecule has 0 bridgehead atoms. The zero-order valence-corrected chi connectivity index (χ0v) is 11.7. The van der Waals surface area contributed by atoms with Gasteiger partial charge in [-0.3, -0.25) is 0 Å². The minimum Gasteiger partial charge on any atom is -0.376 e. The predicted octanol–water partition coefficient (Wildman–Crippen LogP) is 4.90. The second-order valence-corrected chi connectivity index (χ2v) is 5.05. The van der Waals surface area contributed by atoms with E-state index in [1.165, 1.54) is 12.1 Å². The third-order valence-electron chi connectivity index (χ3n) is 3.53. The summed E-state index contributed by atoms with van der Waals surface area (Å²) in [6.45, 7) is 1.62. The van der Waals surface area contributed by atoms with Crippen LogP contribution < -0.4 is 0 Å². The van der Waals surface area contributed by atoms with Crippen LogP contribution in [0.3, 0.4) is 0 Å². The van der Waals surface area contributed by atoms with Crippen molar-refractivity contribution in [2.24, 2.45) is 0 Å². The molecule has 0 radical (unpaired) electrons. The first-order valence-electron chi connectivity index (χ1n) is 6.83. The highest BCUT2D eigenvalue weighted by molar-refractivity contribution is 5.64. The molecule has 112 valence electrons. The Bertz CT molecular complexity index is 592. The fourth-order valence-corrected chi connectivity index (χ4v) is 2.40. The highest BCUT2D eigenvalue weighted by Crippen LogP contribution is 2.43. The van der Waals surface area contributed by atoms with Crippen LogP contribution >= 0.6 is 0 Å². The molecule has 1 unspecified atom stereocenters. The number of alkyl halides is 3. The van der Waals surface area contributed by atoms with E-state index >= 15 is 0 Å². The Morgan fingerprint density at radius 2 is 1.52 bits per heavy atom. The minimum absolute atomic E-state index is 0.113. The van der Waals surface area contributed by atoms with Crippen LogP contribution in [-0.4, -0.2) is 11.3 Å². The Balaban J connectivity index is 2.49. The Kier molecular flexibility index (Phi) is 4.37. The van der Waals surface area contributed by atoms with Crippen LogP contribution in [0.4, 0.5) is 13.2 Å². The van der Waals surface area contributed by atoms with E-state index in [0.29, 0.717) is 5.56 Å². The van der Waals surface area contributed by atoms with Crippen molar-refractivity contribution in [3.8, 4) is 11.1 Å². The average Bonchev–Trinajstić information content (AvgIpc) is 2.47. The van der Waals surface area contributed by atoms with E-state index < -0.39 is 11.8 Å². The molecule has 0 amide bonds. The summed E-state index contributed by atoms with van der Waals surface area (Å²) in [7, 11) is 0. The molecule has 1 N–H and O–H groups in total. The molecule has 0 spiro atoms. The zero-order valence-electron chi connectivity index (χ0n) is 11.7. The molecule has 0 fully saturated rings. The van der Waals surface area contributed by atoms with Gasteiger partial charge >= 0.3 is 6.18 Å². The predicted molar refractivity (Wildman–Crippen MR) is 76.7 cm³/mol. The lowest BCUT2D eigenvalue weighted by Crippen LogP contribution is -2.42. The van der Waals surface area contributed by atoms with Crippen molar-refractivity contribution in [3.05, 3.63) is 60.2 Å². The van der Waals surface area contributed by atoms with Gasteiger partial charge in [-0.1, -0.05) is 61.9 Å². The van der Waals surface area contributed by atoms with Crippen LogP contribution in [-0.2, 0) is 5.60 Å². The molecule has 0 aliphatic rings. The van der Waals surface area contributed by atoms with Crippen molar-refractivity contribution in [1.29, 1.82) is 0 Å². The lowest BCUT2D eigenvalue weighted by molar-refractivity contribution is -0.269. The van der Waals surface area contributed by atoms with Crippen LogP contribution in [0.25, 0.3) is 11.1 Å². The highest BCUT2D eigenvalue weighted by atomic mass is 19.4. The smallest absolute Gasteiger partial charge is 0.376 e. The van der Waals surface area contributed by atoms with Gasteiger partial charge in [0.2, 0.25) is 0 Å². The summed E-state index contributed by atoms with van der Waals surface area (Å²) >= 11 is 0. The monoisotopic (exact) mass is 294 g/mol. The number of hydrogen-bond donors (Lipinski definition) is 1. The van der Waals surface area contributed by atoms with E-state index in [2.05, 4.69) is 0 Å². The molecule has 0 saturated carbocycles. The Labute approximate surface area is 122 Å². The largest absolute Gasteiger partial charge is 0.421 e. The van der Waals surface area contributed by atoms with Crippen molar-refractivity contribution < 1.29 is 18.3 Å². The van der Waals surface area contributed by atoms with Gasteiger partial charge in [-0.2, -0.15) is 13.2 Å². The van der Waals surface area contributed by atoms with Gasteiger partial charge in [0.1, 0.15) is 0 Å². The summed E-state index contributed by atoms with van der Waals surface area (Å²) in [4.78, 5) is 0. The number of hydrogen-bond acceptors (Lipinski definition) is 1. The van der Waals surface area contributed by atoms with Crippen molar-refractivity contribution in [3.63, 3.8) is 0 Å². The Morgan fingerprint density at radius 1 is 0.905 bits per heavy atom. The van der Waals surface area contributed by atoms with Gasteiger partial charge in [0.05, 0.1) is 0 Å². The van der Waals surface area contributed by atoms with Crippen LogP contribution in [0, 0.1) is 0 Å². The SMILES string of the molecule is CCCC(O)(c1cccc(-c2ccccc2)c1)C(F)(F)F. The second-order valence-electron chi connectivity index (χ2n) is 5.05. The fourth-order valence-electron chi connectivity index (χ4n) is 2.40. The lowest BCUT2D eigenvalue weighted by atomic mass is 9.87. The third-order valence-corrected chi connectivity index (χ3v) is 3.53. The topological polar surface area (TPSA) is 20.2 Å². The molecule has 4 heteroatoms. The fraction of sp³-hybridized carbons (Fsp3) is 0.294. The van der Waals surface area contributed by atoms with Crippen molar-refractivity contribution in [2.45, 2.75) is 31.5 Å². The Hall–Kier alpha value is -1.81. The maximum absolute atomic E-state index is 13.3. The highest BCUT2D eigenvalue weighted by Gasteiger charge is 2.54. The standard InChI is InChI=1S/C17H17F3O/c1-2-11-16(21,17(18,19)20)15-10-6-9-14(12-15)13-7-4-3-5-8-13/h3-10,12,21H,2,11H2,1H3. The van der Waals surface area contributed by atoms with E-state index in [4.69, 9.17) is 0 Å². The maximum atomic E-state index is 13.3. The Morgan fingerprint density at radius 3 is 2.10 bits per heavy atom. The van der Waals surface area contributed by atoms with Crippen LogP contribution in [0.5, 0.6) is 0 Å². The van der Waals surface area contributed by atoms with E-state index in [1.54, 1.807) is 19.1 Å². The molecule has 1 atom stereocenters. The minimum atomic E-state index is -4.70. The van der Waals surface area contributed by atoms with Crippen LogP contribution in [0.15, 0.2) is 54.6 Å². The summed E-state index contributed by atoms with van der Waals surface area (Å²) in [6, 6.07) is 15.2. The van der Waals surface area contributed by atoms with Gasteiger partial charge < -0.3 is 5.11 Å². The number of halogens is 3. The van der Waals surface area contributed by atoms with Gasteiger partial charge in [-0.15, -0.1) is 0 Å². The van der Waals surface area contributed by atoms with E-state index in [-0.39, 0.29) is 18.4 Å². The third kappa shape index (κ3) is 3.10. The van der Waals surface area contributed by atoms with Gasteiger partial charge in [-0.05, 0) is 29.2 Å². The van der Waals surface area contributed by atoms with Gasteiger partial charge in [0, 0.05) is 0 Å². The summed E-state index contributed by atoms with van der Waals surface area (Å²) in [6.07, 6.45) is -4.81. The number of benzene rings is 2. The molecule has 0 heterocycles. The number of aliphatic hydroxyl groups is 1. The first-order valence-corrected chi connectivity index (χ1v) is 6.83. The molecule has 0 aliphatic carbocycles. The molecule has 0 aliphatic heterocycles. The molecule has 21 heavy (non-hydrogen) atoms. The molecule has 1 nitrogen and oxygen atoms in total. The zero-order chi connectivity index (χ0) is 15.5. The first-order chi connectivity index (χ1) is 9.88. The van der Waals surface area contributed by atoms with E-state index in [1.807, 2.05) is 30.3 Å². The maximum Gasteiger partial charge on any atom is 0.421 e. The summed E-state index contributed by atoms with van der Waals surface area (Å²) in [5, 5.41) is 10.2. The molecule has 2 aromatic rings. The van der Waals surface area contributed by atoms with Crippen molar-refractivity contribution in [2.75, 3.05) is 0 Å². The van der Waals surface area contributed by atoms with E-state index in [0.717, 1.165) is 5.56 Å². The second kappa shape index (κ2) is 5.90. The normalized spacial score (nSPS) is 14.7. The van der Waals surface area contributed by atoms with Gasteiger partial charge in [0.15, 0.2) is 5.60 Å². The van der Waals surface area contributed by atoms with Crippen molar-refractivity contribution in [1.82, 2.24) is 0 Å². The number of rotatable bonds is 4. The first kappa shape index (κ1) is 15.6. The molecule has 2 aromatic carbocycles. The molecule has 0 aromatic heterocycles. The van der Waals surface area contributed by atoms with Crippen LogP contribution in [0.1, 0.15) is 25.3 Å². The summed E-state index contributed by atoms with van der Waals surface area (Å²) in [5.74, 6) is 0. The van der Waals surface area contributed by atoms with Crippen molar-refractivity contribution >= 4 is 0 Å². The molecule has 0 saturated heterocycles. The average molecular weight is 294 g/mol. The van der Waals surface area contributed by atoms with Gasteiger partial charge in [0.25, 0.3) is 0 Å². The molecular weight excluding hydrogens is 277 g/mol. The van der Waals surface area contributed by atoms with Crippen LogP contribution in [0.2, 0.25) is 0 Å². The molecule has 2 rings (SSSR count). The van der Waals surface area contributed by atoms with E-state index in [9.17, 15) is 18.3 Å². The molecular formula is C17H17F3O. The lowest BCUT2D eigenvalue weighted by Gasteiger charge is -2.31. The van der Waals surface area contributed by atoms with Gasteiger partial charge in [-0.25, -0.2) is 0 Å². The summed E-state index contributed by atoms with van der Waals surface area (Å²) in [5.41, 5.74) is -1.43. The summed E-state index contributed by atoms with van der Waals surface area (Å²) < 4.78 is 39.8.